The zero-order chi connectivity index (χ0) is 13.5. The molecule has 0 unspecified atom stereocenters. The van der Waals surface area contributed by atoms with Crippen molar-refractivity contribution >= 4 is 12.3 Å². The molecule has 0 bridgehead atoms. The van der Waals surface area contributed by atoms with Gasteiger partial charge in [0.2, 0.25) is 0 Å². The first-order chi connectivity index (χ1) is 7.80. The number of nitrogens with one attached hydrogen (secondary N) is 2. The van der Waals surface area contributed by atoms with Crippen molar-refractivity contribution in [3.05, 3.63) is 12.7 Å². The highest BCUT2D eigenvalue weighted by molar-refractivity contribution is 5.76. The summed E-state index contributed by atoms with van der Waals surface area (Å²) in [5.41, 5.74) is -0.558. The molecule has 0 aromatic rings. The van der Waals surface area contributed by atoms with Crippen LogP contribution in [0.2, 0.25) is 0 Å². The van der Waals surface area contributed by atoms with Gasteiger partial charge in [0, 0.05) is 6.54 Å². The van der Waals surface area contributed by atoms with Crippen LogP contribution in [0.5, 0.6) is 0 Å². The maximum absolute atomic E-state index is 11.8. The van der Waals surface area contributed by atoms with Crippen molar-refractivity contribution in [3.8, 4) is 0 Å². The molecule has 0 saturated heterocycles. The van der Waals surface area contributed by atoms with E-state index in [9.17, 15) is 9.59 Å². The van der Waals surface area contributed by atoms with E-state index in [2.05, 4.69) is 17.2 Å². The predicted octanol–water partition coefficient (Wildman–Crippen LogP) is 0.607. The molecule has 0 saturated carbocycles. The van der Waals surface area contributed by atoms with E-state index in [1.807, 2.05) is 0 Å². The second-order valence-electron chi connectivity index (χ2n) is 4.75. The van der Waals surface area contributed by atoms with Gasteiger partial charge in [-0.25, -0.2) is 4.79 Å². The Morgan fingerprint density at radius 1 is 1.47 bits per heavy atom. The lowest BCUT2D eigenvalue weighted by molar-refractivity contribution is -0.158. The zero-order valence-electron chi connectivity index (χ0n) is 10.9. The van der Waals surface area contributed by atoms with Crippen molar-refractivity contribution in [3.63, 3.8) is 0 Å². The highest BCUT2D eigenvalue weighted by Gasteiger charge is 2.25. The SMILES string of the molecule is C=CCN[C@@H](N[C@@H](C)C=O)C(=O)OC(C)(C)C. The van der Waals surface area contributed by atoms with Gasteiger partial charge in [0.05, 0.1) is 6.04 Å². The average molecular weight is 242 g/mol. The summed E-state index contributed by atoms with van der Waals surface area (Å²) in [5, 5.41) is 5.72. The topological polar surface area (TPSA) is 67.4 Å². The van der Waals surface area contributed by atoms with E-state index in [4.69, 9.17) is 4.74 Å². The Labute approximate surface area is 103 Å². The first kappa shape index (κ1) is 15.8. The summed E-state index contributed by atoms with van der Waals surface area (Å²) in [4.78, 5) is 22.4. The van der Waals surface area contributed by atoms with Gasteiger partial charge in [-0.1, -0.05) is 6.08 Å². The molecule has 0 rings (SSSR count). The quantitative estimate of drug-likeness (QED) is 0.296. The van der Waals surface area contributed by atoms with Crippen molar-refractivity contribution in [2.24, 2.45) is 0 Å². The summed E-state index contributed by atoms with van der Waals surface area (Å²) in [6, 6.07) is -0.426. The van der Waals surface area contributed by atoms with Gasteiger partial charge >= 0.3 is 5.97 Å². The monoisotopic (exact) mass is 242 g/mol. The summed E-state index contributed by atoms with van der Waals surface area (Å²) in [5.74, 6) is -0.437. The second-order valence-corrected chi connectivity index (χ2v) is 4.75. The minimum Gasteiger partial charge on any atom is -0.458 e. The fraction of sp³-hybridized carbons (Fsp3) is 0.667. The molecule has 0 amide bonds. The van der Waals surface area contributed by atoms with E-state index in [-0.39, 0.29) is 0 Å². The Morgan fingerprint density at radius 2 is 2.06 bits per heavy atom. The van der Waals surface area contributed by atoms with Crippen LogP contribution in [0.25, 0.3) is 0 Å². The van der Waals surface area contributed by atoms with Gasteiger partial charge < -0.3 is 9.53 Å². The third-order valence-corrected chi connectivity index (χ3v) is 1.74. The molecule has 0 fully saturated rings. The van der Waals surface area contributed by atoms with Crippen LogP contribution in [0.3, 0.4) is 0 Å². The Balaban J connectivity index is 4.49. The first-order valence-corrected chi connectivity index (χ1v) is 5.58. The van der Waals surface area contributed by atoms with Crippen LogP contribution in [-0.4, -0.2) is 36.6 Å². The van der Waals surface area contributed by atoms with Crippen molar-refractivity contribution in [1.29, 1.82) is 0 Å². The lowest BCUT2D eigenvalue weighted by Crippen LogP contribution is -2.53. The van der Waals surface area contributed by atoms with Gasteiger partial charge in [0.1, 0.15) is 11.9 Å². The van der Waals surface area contributed by atoms with E-state index in [0.717, 1.165) is 6.29 Å². The molecule has 17 heavy (non-hydrogen) atoms. The van der Waals surface area contributed by atoms with Crippen LogP contribution < -0.4 is 10.6 Å². The molecule has 5 nitrogen and oxygen atoms in total. The molecular weight excluding hydrogens is 220 g/mol. The number of rotatable bonds is 7. The molecule has 98 valence electrons. The minimum absolute atomic E-state index is 0.426. The second kappa shape index (κ2) is 7.19. The Morgan fingerprint density at radius 3 is 2.47 bits per heavy atom. The zero-order valence-corrected chi connectivity index (χ0v) is 10.9. The largest absolute Gasteiger partial charge is 0.458 e. The highest BCUT2D eigenvalue weighted by Crippen LogP contribution is 2.07. The fourth-order valence-electron chi connectivity index (χ4n) is 1.07. The third kappa shape index (κ3) is 7.65. The molecule has 0 radical (unpaired) electrons. The van der Waals surface area contributed by atoms with Gasteiger partial charge in [-0.05, 0) is 27.7 Å². The normalized spacial score (nSPS) is 14.8. The molecule has 0 spiro atoms. The van der Waals surface area contributed by atoms with Crippen LogP contribution in [-0.2, 0) is 14.3 Å². The number of ether oxygens (including phenoxy) is 1. The standard InChI is InChI=1S/C12H22N2O3/c1-6-7-13-10(14-9(2)8-15)11(16)17-12(3,4)5/h6,8-10,13-14H,1,7H2,2-5H3/t9-,10-/m0/s1. The molecule has 0 aromatic heterocycles. The lowest BCUT2D eigenvalue weighted by Gasteiger charge is -2.25. The van der Waals surface area contributed by atoms with Gasteiger partial charge in [-0.2, -0.15) is 0 Å². The smallest absolute Gasteiger partial charge is 0.338 e. The van der Waals surface area contributed by atoms with E-state index in [1.165, 1.54) is 0 Å². The Kier molecular flexibility index (Phi) is 6.68. The Hall–Kier alpha value is -1.20. The summed E-state index contributed by atoms with van der Waals surface area (Å²) in [6.07, 6.45) is 1.64. The Bertz CT molecular complexity index is 271. The van der Waals surface area contributed by atoms with E-state index >= 15 is 0 Å². The summed E-state index contributed by atoms with van der Waals surface area (Å²) in [6.45, 7) is 11.0. The van der Waals surface area contributed by atoms with Crippen LogP contribution in [0.1, 0.15) is 27.7 Å². The van der Waals surface area contributed by atoms with Crippen molar-refractivity contribution in [2.75, 3.05) is 6.54 Å². The molecule has 0 aliphatic heterocycles. The number of aldehydes is 1. The van der Waals surface area contributed by atoms with Crippen LogP contribution in [0.4, 0.5) is 0 Å². The molecule has 2 N–H and O–H groups in total. The van der Waals surface area contributed by atoms with Crippen molar-refractivity contribution in [2.45, 2.75) is 45.5 Å². The summed E-state index contributed by atoms with van der Waals surface area (Å²) >= 11 is 0. The summed E-state index contributed by atoms with van der Waals surface area (Å²) in [7, 11) is 0. The lowest BCUT2D eigenvalue weighted by atomic mass is 10.2. The van der Waals surface area contributed by atoms with E-state index < -0.39 is 23.8 Å². The maximum atomic E-state index is 11.8. The highest BCUT2D eigenvalue weighted by atomic mass is 16.6. The van der Waals surface area contributed by atoms with Crippen LogP contribution in [0, 0.1) is 0 Å². The van der Waals surface area contributed by atoms with E-state index in [1.54, 1.807) is 33.8 Å². The number of hydrogen-bond acceptors (Lipinski definition) is 5. The van der Waals surface area contributed by atoms with Crippen LogP contribution in [0.15, 0.2) is 12.7 Å². The van der Waals surface area contributed by atoms with Gasteiger partial charge in [-0.15, -0.1) is 6.58 Å². The molecular formula is C12H22N2O3. The molecule has 5 heteroatoms. The molecule has 2 atom stereocenters. The van der Waals surface area contributed by atoms with Crippen molar-refractivity contribution in [1.82, 2.24) is 10.6 Å². The van der Waals surface area contributed by atoms with Crippen molar-refractivity contribution < 1.29 is 14.3 Å². The number of carbonyl (C=O) groups is 2. The molecule has 0 aliphatic carbocycles. The molecule has 0 aromatic carbocycles. The van der Waals surface area contributed by atoms with Gasteiger partial charge in [0.15, 0.2) is 6.17 Å². The van der Waals surface area contributed by atoms with Crippen LogP contribution >= 0.6 is 0 Å². The predicted molar refractivity (Wildman–Crippen MR) is 66.5 cm³/mol. The van der Waals surface area contributed by atoms with E-state index in [0.29, 0.717) is 6.54 Å². The maximum Gasteiger partial charge on any atom is 0.338 e. The minimum atomic E-state index is -0.715. The summed E-state index contributed by atoms with van der Waals surface area (Å²) < 4.78 is 5.23. The molecule has 0 aliphatic rings. The number of hydrogen-bond donors (Lipinski definition) is 2. The third-order valence-electron chi connectivity index (χ3n) is 1.74. The first-order valence-electron chi connectivity index (χ1n) is 5.58. The number of esters is 1. The fourth-order valence-corrected chi connectivity index (χ4v) is 1.07. The number of carbonyl (C=O) groups excluding carboxylic acids is 2. The molecule has 0 heterocycles. The van der Waals surface area contributed by atoms with Gasteiger partial charge in [0.25, 0.3) is 0 Å². The van der Waals surface area contributed by atoms with Gasteiger partial charge in [-0.3, -0.25) is 10.6 Å². The average Bonchev–Trinajstić information content (AvgIpc) is 2.21.